The molecule has 1 aromatic carbocycles. The van der Waals surface area contributed by atoms with Gasteiger partial charge in [0.15, 0.2) is 22.3 Å². The van der Waals surface area contributed by atoms with Crippen LogP contribution in [0.25, 0.3) is 0 Å². The maximum Gasteiger partial charge on any atom is 0.352 e. The van der Waals surface area contributed by atoms with Crippen LogP contribution < -0.4 is 11.1 Å². The Kier molecular flexibility index (Phi) is 10.7. The van der Waals surface area contributed by atoms with E-state index in [0.717, 1.165) is 35.1 Å². The third kappa shape index (κ3) is 7.54. The first-order valence-corrected chi connectivity index (χ1v) is 17.7. The van der Waals surface area contributed by atoms with Crippen molar-refractivity contribution in [2.75, 3.05) is 44.2 Å². The van der Waals surface area contributed by atoms with Crippen molar-refractivity contribution in [2.24, 2.45) is 5.16 Å². The number of rotatable bonds is 13. The number of aromatic hydroxyl groups is 2. The van der Waals surface area contributed by atoms with Crippen LogP contribution in [0.3, 0.4) is 0 Å². The van der Waals surface area contributed by atoms with Gasteiger partial charge in [-0.15, -0.1) is 23.1 Å². The van der Waals surface area contributed by atoms with Crippen molar-refractivity contribution in [1.82, 2.24) is 20.3 Å². The van der Waals surface area contributed by atoms with Crippen LogP contribution in [0.2, 0.25) is 5.02 Å². The summed E-state index contributed by atoms with van der Waals surface area (Å²) in [6, 6.07) is 1.08. The van der Waals surface area contributed by atoms with Crippen LogP contribution in [-0.2, 0) is 24.0 Å². The number of phenolic OH excluding ortho intramolecular Hbond substituents is 2. The average molecular weight is 769 g/mol. The third-order valence-electron chi connectivity index (χ3n) is 8.78. The fourth-order valence-corrected chi connectivity index (χ4v) is 8.08. The number of carboxylic acids is 2. The lowest BCUT2D eigenvalue weighted by molar-refractivity contribution is -0.912. The number of hydroxylamine groups is 2. The van der Waals surface area contributed by atoms with Crippen LogP contribution in [0.1, 0.15) is 42.7 Å². The summed E-state index contributed by atoms with van der Waals surface area (Å²) in [4.78, 5) is 74.2. The van der Waals surface area contributed by atoms with Crippen molar-refractivity contribution in [3.63, 3.8) is 0 Å². The third-order valence-corrected chi connectivity index (χ3v) is 11.2. The highest BCUT2D eigenvalue weighted by molar-refractivity contribution is 8.00. The van der Waals surface area contributed by atoms with E-state index >= 15 is 0 Å². The van der Waals surface area contributed by atoms with Crippen molar-refractivity contribution >= 4 is 75.2 Å². The Balaban J connectivity index is 1.31. The number of carbonyl (C=O) groups is 5. The molecular formula is C30H35ClN7O11S2+. The van der Waals surface area contributed by atoms with Crippen LogP contribution in [0.5, 0.6) is 11.5 Å². The van der Waals surface area contributed by atoms with Gasteiger partial charge < -0.3 is 40.8 Å². The number of hydrogen-bond donors (Lipinski definition) is 7. The first-order chi connectivity index (χ1) is 24.0. The maximum absolute atomic E-state index is 13.5. The molecule has 3 aliphatic heterocycles. The number of β-lactam (4-membered cyclic amide) rings is 1. The van der Waals surface area contributed by atoms with E-state index in [-0.39, 0.29) is 47.5 Å². The zero-order valence-electron chi connectivity index (χ0n) is 27.2. The minimum Gasteiger partial charge on any atom is -0.504 e. The molecule has 5 rings (SSSR count). The quantitative estimate of drug-likeness (QED) is 0.0378. The van der Waals surface area contributed by atoms with E-state index in [0.29, 0.717) is 28.2 Å². The van der Waals surface area contributed by atoms with E-state index < -0.39 is 68.9 Å². The molecule has 3 amide bonds. The molecule has 0 radical (unpaired) electrons. The molecule has 0 spiro atoms. The summed E-state index contributed by atoms with van der Waals surface area (Å²) in [6.07, 6.45) is 1.61. The van der Waals surface area contributed by atoms with Crippen LogP contribution in [0.4, 0.5) is 5.13 Å². The number of quaternary nitrogens is 1. The average Bonchev–Trinajstić information content (AvgIpc) is 3.73. The smallest absolute Gasteiger partial charge is 0.352 e. The Hall–Kier alpha value is -4.63. The Morgan fingerprint density at radius 2 is 1.90 bits per heavy atom. The van der Waals surface area contributed by atoms with Gasteiger partial charge in [0.05, 0.1) is 36.8 Å². The predicted octanol–water partition coefficient (Wildman–Crippen LogP) is 1.25. The first kappa shape index (κ1) is 37.6. The number of aromatic nitrogens is 1. The Bertz CT molecular complexity index is 1840. The highest BCUT2D eigenvalue weighted by Crippen LogP contribution is 2.42. The molecule has 4 heterocycles. The first-order valence-electron chi connectivity index (χ1n) is 15.4. The van der Waals surface area contributed by atoms with Crippen LogP contribution in [0.15, 0.2) is 33.9 Å². The molecule has 1 aromatic heterocycles. The number of nitrogen functional groups attached to an aromatic ring is 1. The van der Waals surface area contributed by atoms with Gasteiger partial charge in [0.25, 0.3) is 17.7 Å². The normalized spacial score (nSPS) is 20.0. The highest BCUT2D eigenvalue weighted by atomic mass is 35.5. The highest BCUT2D eigenvalue weighted by Gasteiger charge is 2.55. The summed E-state index contributed by atoms with van der Waals surface area (Å²) in [5.41, 5.74) is 3.49. The molecule has 3 aliphatic rings. The Morgan fingerprint density at radius 3 is 2.51 bits per heavy atom. The molecule has 0 saturated carbocycles. The molecule has 2 fully saturated rings. The zero-order chi connectivity index (χ0) is 37.4. The van der Waals surface area contributed by atoms with Gasteiger partial charge >= 0.3 is 11.9 Å². The van der Waals surface area contributed by atoms with Crippen LogP contribution >= 0.6 is 34.7 Å². The molecular weight excluding hydrogens is 734 g/mol. The summed E-state index contributed by atoms with van der Waals surface area (Å²) in [7, 11) is 0. The molecule has 8 N–H and O–H groups in total. The van der Waals surface area contributed by atoms with Crippen molar-refractivity contribution in [3.05, 3.63) is 45.1 Å². The van der Waals surface area contributed by atoms with Crippen molar-refractivity contribution in [2.45, 2.75) is 43.7 Å². The van der Waals surface area contributed by atoms with Gasteiger partial charge in [-0.3, -0.25) is 24.5 Å². The molecule has 2 aromatic rings. The second kappa shape index (κ2) is 14.5. The van der Waals surface area contributed by atoms with Gasteiger partial charge in [-0.25, -0.2) is 19.6 Å². The number of fused-ring (bicyclic) bond motifs is 1. The van der Waals surface area contributed by atoms with Gasteiger partial charge in [-0.1, -0.05) is 16.8 Å². The maximum atomic E-state index is 13.5. The van der Waals surface area contributed by atoms with Crippen molar-refractivity contribution in [1.29, 1.82) is 0 Å². The molecule has 51 heavy (non-hydrogen) atoms. The summed E-state index contributed by atoms with van der Waals surface area (Å²) in [5.74, 6) is -6.22. The number of carbonyl (C=O) groups excluding carboxylic acids is 3. The molecule has 0 aliphatic carbocycles. The molecule has 0 bridgehead atoms. The summed E-state index contributed by atoms with van der Waals surface area (Å²) in [6.45, 7) is 3.95. The van der Waals surface area contributed by atoms with E-state index in [9.17, 15) is 49.6 Å². The number of hydrogen-bond acceptors (Lipinski definition) is 14. The minimum absolute atomic E-state index is 0.0170. The molecule has 0 unspecified atom stereocenters. The van der Waals surface area contributed by atoms with E-state index in [1.165, 1.54) is 37.1 Å². The summed E-state index contributed by atoms with van der Waals surface area (Å²) in [5, 5.41) is 56.9. The number of thioether (sulfide) groups is 1. The molecule has 21 heteroatoms. The minimum atomic E-state index is -1.81. The number of thiazole rings is 1. The number of nitrogens with one attached hydrogen (secondary N) is 1. The number of nitrogens with two attached hydrogens (primary N) is 1. The lowest BCUT2D eigenvalue weighted by Gasteiger charge is -2.50. The fraction of sp³-hybridized carbons (Fsp3) is 0.433. The number of anilines is 1. The standard InChI is InChI=1S/C30H34ClN7O11S2/c1-30(2,28(46)47)49-35-19(16-13-51-29(32)33-16)23(41)34-20-25(43)37-21(27(44)45)14(12-50-26(20)37)11-38(8-3-4-9-38)10-7-36(48)24(42)15-5-6-17(39)22(40)18(15)31/h5-6,13,20,26,48H,3-4,7-12H2,1-2H3,(H6-,32,33,34,35,39,40,41,42,44,45,46,47)/p+1/t20-,26-/m1/s1. The van der Waals surface area contributed by atoms with Gasteiger partial charge in [-0.2, -0.15) is 0 Å². The Morgan fingerprint density at radius 1 is 1.22 bits per heavy atom. The molecule has 2 saturated heterocycles. The van der Waals surface area contributed by atoms with E-state index in [1.807, 2.05) is 0 Å². The van der Waals surface area contributed by atoms with Gasteiger partial charge in [-0.05, 0) is 26.0 Å². The van der Waals surface area contributed by atoms with E-state index in [2.05, 4.69) is 15.5 Å². The predicted molar refractivity (Wildman–Crippen MR) is 182 cm³/mol. The number of aliphatic carboxylic acids is 2. The van der Waals surface area contributed by atoms with E-state index in [1.54, 1.807) is 0 Å². The Labute approximate surface area is 303 Å². The van der Waals surface area contributed by atoms with Gasteiger partial charge in [0, 0.05) is 29.5 Å². The number of amides is 3. The number of halogens is 1. The summed E-state index contributed by atoms with van der Waals surface area (Å²) < 4.78 is 0.321. The van der Waals surface area contributed by atoms with E-state index in [4.69, 9.17) is 22.2 Å². The van der Waals surface area contributed by atoms with Crippen LogP contribution in [-0.4, -0.2) is 136 Å². The molecule has 2 atom stereocenters. The monoisotopic (exact) mass is 768 g/mol. The number of phenols is 2. The van der Waals surface area contributed by atoms with Gasteiger partial charge in [0.2, 0.25) is 5.60 Å². The topological polar surface area (TPSA) is 266 Å². The second-order valence-electron chi connectivity index (χ2n) is 12.6. The zero-order valence-corrected chi connectivity index (χ0v) is 29.6. The largest absolute Gasteiger partial charge is 0.504 e. The van der Waals surface area contributed by atoms with Crippen molar-refractivity contribution in [3.8, 4) is 11.5 Å². The second-order valence-corrected chi connectivity index (χ2v) is 15.0. The summed E-state index contributed by atoms with van der Waals surface area (Å²) >= 11 is 8.24. The molecule has 274 valence electrons. The number of oxime groups is 1. The van der Waals surface area contributed by atoms with Crippen molar-refractivity contribution < 1.29 is 58.9 Å². The molecule has 18 nitrogen and oxygen atoms in total. The van der Waals surface area contributed by atoms with Crippen LogP contribution in [0, 0.1) is 0 Å². The number of benzene rings is 1. The number of carboxylic acid groups (broad SMARTS) is 2. The fourth-order valence-electron chi connectivity index (χ4n) is 5.95. The SMILES string of the molecule is CC(C)(O/N=C(\C(=O)N[C@@H]1C(=O)N2C(C(=O)O)=C(C[N+]3(CCN(O)C(=O)c4ccc(O)c(O)c4Cl)CCCC3)CS[C@H]12)c1csc(N)n1)C(=O)O. The lowest BCUT2D eigenvalue weighted by atomic mass is 10.0. The number of nitrogens with zero attached hydrogens (tertiary/aromatic N) is 5. The van der Waals surface area contributed by atoms with Gasteiger partial charge in [0.1, 0.15) is 29.4 Å². The number of likely N-dealkylation sites (tertiary alicyclic amines) is 1. The lowest BCUT2D eigenvalue weighted by Crippen LogP contribution is -2.71.